The van der Waals surface area contributed by atoms with E-state index in [1.165, 1.54) is 26.4 Å². The SMILES string of the molecule is COC(=O)C1(NC2CCCCC2)CCS(=O)(=O)CC1. The zero-order chi connectivity index (χ0) is 13.9. The molecule has 0 aromatic heterocycles. The van der Waals surface area contributed by atoms with E-state index in [0.717, 1.165) is 12.8 Å². The Morgan fingerprint density at radius 3 is 2.26 bits per heavy atom. The summed E-state index contributed by atoms with van der Waals surface area (Å²) in [7, 11) is -1.61. The molecule has 1 heterocycles. The van der Waals surface area contributed by atoms with Crippen LogP contribution in [-0.2, 0) is 19.4 Å². The second kappa shape index (κ2) is 5.79. The van der Waals surface area contributed by atoms with Gasteiger partial charge in [0.2, 0.25) is 0 Å². The van der Waals surface area contributed by atoms with Gasteiger partial charge in [-0.25, -0.2) is 8.42 Å². The van der Waals surface area contributed by atoms with Crippen molar-refractivity contribution in [1.82, 2.24) is 5.32 Å². The van der Waals surface area contributed by atoms with Crippen LogP contribution in [0.15, 0.2) is 0 Å². The van der Waals surface area contributed by atoms with Crippen molar-refractivity contribution in [3.8, 4) is 0 Å². The fraction of sp³-hybridized carbons (Fsp3) is 0.923. The number of methoxy groups -OCH3 is 1. The molecular weight excluding hydrogens is 266 g/mol. The van der Waals surface area contributed by atoms with Crippen molar-refractivity contribution in [3.63, 3.8) is 0 Å². The Balaban J connectivity index is 2.09. The molecule has 110 valence electrons. The van der Waals surface area contributed by atoms with E-state index in [9.17, 15) is 13.2 Å². The molecule has 0 spiro atoms. The van der Waals surface area contributed by atoms with Crippen LogP contribution in [0.2, 0.25) is 0 Å². The molecule has 5 nitrogen and oxygen atoms in total. The molecule has 0 atom stereocenters. The smallest absolute Gasteiger partial charge is 0.326 e. The maximum absolute atomic E-state index is 12.1. The summed E-state index contributed by atoms with van der Waals surface area (Å²) < 4.78 is 28.0. The van der Waals surface area contributed by atoms with Crippen molar-refractivity contribution >= 4 is 15.8 Å². The van der Waals surface area contributed by atoms with Crippen LogP contribution in [0.3, 0.4) is 0 Å². The van der Waals surface area contributed by atoms with E-state index in [1.807, 2.05) is 0 Å². The lowest BCUT2D eigenvalue weighted by atomic mass is 9.87. The summed E-state index contributed by atoms with van der Waals surface area (Å²) in [5.74, 6) is -0.170. The first-order valence-corrected chi connectivity index (χ1v) is 8.86. The van der Waals surface area contributed by atoms with Crippen LogP contribution >= 0.6 is 0 Å². The summed E-state index contributed by atoms with van der Waals surface area (Å²) in [6.07, 6.45) is 6.38. The largest absolute Gasteiger partial charge is 0.468 e. The molecule has 2 fully saturated rings. The van der Waals surface area contributed by atoms with Gasteiger partial charge >= 0.3 is 5.97 Å². The number of esters is 1. The number of ether oxygens (including phenoxy) is 1. The van der Waals surface area contributed by atoms with Crippen LogP contribution in [0.4, 0.5) is 0 Å². The first kappa shape index (κ1) is 14.8. The van der Waals surface area contributed by atoms with E-state index < -0.39 is 15.4 Å². The summed E-state index contributed by atoms with van der Waals surface area (Å²) in [4.78, 5) is 12.1. The fourth-order valence-electron chi connectivity index (χ4n) is 3.13. The number of nitrogens with one attached hydrogen (secondary N) is 1. The van der Waals surface area contributed by atoms with Gasteiger partial charge in [0.05, 0.1) is 18.6 Å². The lowest BCUT2D eigenvalue weighted by molar-refractivity contribution is -0.149. The number of rotatable bonds is 3. The zero-order valence-corrected chi connectivity index (χ0v) is 12.3. The summed E-state index contributed by atoms with van der Waals surface area (Å²) >= 11 is 0. The van der Waals surface area contributed by atoms with Crippen LogP contribution in [0.5, 0.6) is 0 Å². The Kier molecular flexibility index (Phi) is 4.50. The first-order valence-electron chi connectivity index (χ1n) is 7.04. The monoisotopic (exact) mass is 289 g/mol. The average molecular weight is 289 g/mol. The summed E-state index contributed by atoms with van der Waals surface area (Å²) in [6.45, 7) is 0. The molecule has 1 saturated carbocycles. The van der Waals surface area contributed by atoms with E-state index in [0.29, 0.717) is 18.9 Å². The van der Waals surface area contributed by atoms with Gasteiger partial charge in [0.1, 0.15) is 15.4 Å². The molecule has 1 aliphatic heterocycles. The highest BCUT2D eigenvalue weighted by atomic mass is 32.2. The molecule has 1 N–H and O–H groups in total. The average Bonchev–Trinajstić information content (AvgIpc) is 2.42. The predicted octanol–water partition coefficient (Wildman–Crippen LogP) is 1.03. The van der Waals surface area contributed by atoms with Gasteiger partial charge < -0.3 is 4.74 Å². The van der Waals surface area contributed by atoms with Crippen molar-refractivity contribution in [1.29, 1.82) is 0 Å². The second-order valence-electron chi connectivity index (χ2n) is 5.70. The Morgan fingerprint density at radius 2 is 1.74 bits per heavy atom. The number of carbonyl (C=O) groups is 1. The maximum atomic E-state index is 12.1. The number of carbonyl (C=O) groups excluding carboxylic acids is 1. The molecule has 1 saturated heterocycles. The quantitative estimate of drug-likeness (QED) is 0.786. The van der Waals surface area contributed by atoms with Crippen molar-refractivity contribution in [2.75, 3.05) is 18.6 Å². The van der Waals surface area contributed by atoms with Gasteiger partial charge in [0.15, 0.2) is 0 Å². The van der Waals surface area contributed by atoms with Crippen LogP contribution in [0, 0.1) is 0 Å². The Hall–Kier alpha value is -0.620. The minimum atomic E-state index is -2.98. The van der Waals surface area contributed by atoms with E-state index >= 15 is 0 Å². The highest BCUT2D eigenvalue weighted by molar-refractivity contribution is 7.91. The molecule has 2 rings (SSSR count). The molecular formula is C13H23NO4S. The van der Waals surface area contributed by atoms with Crippen LogP contribution in [0.1, 0.15) is 44.9 Å². The molecule has 0 radical (unpaired) electrons. The maximum Gasteiger partial charge on any atom is 0.326 e. The van der Waals surface area contributed by atoms with Gasteiger partial charge in [-0.2, -0.15) is 0 Å². The van der Waals surface area contributed by atoms with E-state index in [2.05, 4.69) is 5.32 Å². The normalized spacial score (nSPS) is 26.8. The lowest BCUT2D eigenvalue weighted by Crippen LogP contribution is -2.60. The Morgan fingerprint density at radius 1 is 1.16 bits per heavy atom. The summed E-state index contributed by atoms with van der Waals surface area (Å²) in [5, 5.41) is 3.42. The van der Waals surface area contributed by atoms with Gasteiger partial charge in [-0.1, -0.05) is 19.3 Å². The lowest BCUT2D eigenvalue weighted by Gasteiger charge is -2.39. The Labute approximate surface area is 115 Å². The molecule has 0 aromatic rings. The highest BCUT2D eigenvalue weighted by Gasteiger charge is 2.45. The van der Waals surface area contributed by atoms with Crippen LogP contribution < -0.4 is 5.32 Å². The van der Waals surface area contributed by atoms with Gasteiger partial charge in [0.25, 0.3) is 0 Å². The minimum absolute atomic E-state index is 0.0713. The molecule has 19 heavy (non-hydrogen) atoms. The van der Waals surface area contributed by atoms with E-state index in [1.54, 1.807) is 0 Å². The molecule has 1 aliphatic carbocycles. The predicted molar refractivity (Wildman–Crippen MR) is 72.6 cm³/mol. The van der Waals surface area contributed by atoms with Crippen molar-refractivity contribution in [3.05, 3.63) is 0 Å². The minimum Gasteiger partial charge on any atom is -0.468 e. The summed E-state index contributed by atoms with van der Waals surface area (Å²) in [5.41, 5.74) is -0.790. The third-order valence-corrected chi connectivity index (χ3v) is 5.99. The number of sulfone groups is 1. The molecule has 2 aliphatic rings. The second-order valence-corrected chi connectivity index (χ2v) is 8.01. The molecule has 0 unspecified atom stereocenters. The van der Waals surface area contributed by atoms with Crippen LogP contribution in [0.25, 0.3) is 0 Å². The highest BCUT2D eigenvalue weighted by Crippen LogP contribution is 2.28. The van der Waals surface area contributed by atoms with Crippen molar-refractivity contribution in [2.24, 2.45) is 0 Å². The van der Waals surface area contributed by atoms with E-state index in [4.69, 9.17) is 4.74 Å². The molecule has 0 amide bonds. The van der Waals surface area contributed by atoms with Crippen molar-refractivity contribution < 1.29 is 17.9 Å². The van der Waals surface area contributed by atoms with Gasteiger partial charge in [-0.05, 0) is 25.7 Å². The molecule has 0 bridgehead atoms. The first-order chi connectivity index (χ1) is 8.97. The number of hydrogen-bond acceptors (Lipinski definition) is 5. The standard InChI is InChI=1S/C13H23NO4S/c1-18-12(15)13(7-9-19(16,17)10-8-13)14-11-5-3-2-4-6-11/h11,14H,2-10H2,1H3. The van der Waals surface area contributed by atoms with Gasteiger partial charge in [0, 0.05) is 6.04 Å². The third-order valence-electron chi connectivity index (χ3n) is 4.34. The van der Waals surface area contributed by atoms with Crippen molar-refractivity contribution in [2.45, 2.75) is 56.5 Å². The number of hydrogen-bond donors (Lipinski definition) is 1. The Bertz CT molecular complexity index is 412. The van der Waals surface area contributed by atoms with Crippen LogP contribution in [-0.4, -0.2) is 44.6 Å². The topological polar surface area (TPSA) is 72.5 Å². The van der Waals surface area contributed by atoms with Gasteiger partial charge in [-0.15, -0.1) is 0 Å². The molecule has 0 aromatic carbocycles. The summed E-state index contributed by atoms with van der Waals surface area (Å²) in [6, 6.07) is 0.314. The van der Waals surface area contributed by atoms with Gasteiger partial charge in [-0.3, -0.25) is 10.1 Å². The third kappa shape index (κ3) is 3.48. The zero-order valence-electron chi connectivity index (χ0n) is 11.5. The molecule has 6 heteroatoms. The van der Waals surface area contributed by atoms with E-state index in [-0.39, 0.29) is 17.5 Å². The fourth-order valence-corrected chi connectivity index (χ4v) is 4.65.